The Labute approximate surface area is 129 Å². The number of hydrogen-bond donors (Lipinski definition) is 2. The molecule has 0 radical (unpaired) electrons. The minimum absolute atomic E-state index is 0.0229. The lowest BCUT2D eigenvalue weighted by molar-refractivity contribution is -0.125. The molecule has 22 heavy (non-hydrogen) atoms. The Kier molecular flexibility index (Phi) is 5.65. The van der Waals surface area contributed by atoms with Gasteiger partial charge in [-0.2, -0.15) is 0 Å². The summed E-state index contributed by atoms with van der Waals surface area (Å²) in [6.07, 6.45) is 3.64. The Hall–Kier alpha value is -2.69. The van der Waals surface area contributed by atoms with Crippen LogP contribution in [0.1, 0.15) is 16.7 Å². The van der Waals surface area contributed by atoms with Crippen LogP contribution in [0, 0.1) is 6.92 Å². The standard InChI is InChI=1S/C17H19N3O2/c1-13-4-6-14(7-5-13)9-16(21)20-12-17(22)19-11-15-3-2-8-18-10-15/h2-8,10H,9,11-12H2,1H3,(H,19,22)(H,20,21). The number of nitrogens with one attached hydrogen (secondary N) is 2. The molecule has 0 aliphatic rings. The van der Waals surface area contributed by atoms with Crippen LogP contribution in [0.2, 0.25) is 0 Å². The largest absolute Gasteiger partial charge is 0.350 e. The van der Waals surface area contributed by atoms with Crippen LogP contribution >= 0.6 is 0 Å². The maximum Gasteiger partial charge on any atom is 0.239 e. The highest BCUT2D eigenvalue weighted by Gasteiger charge is 2.06. The van der Waals surface area contributed by atoms with E-state index < -0.39 is 0 Å². The summed E-state index contributed by atoms with van der Waals surface area (Å²) in [6, 6.07) is 11.4. The third-order valence-electron chi connectivity index (χ3n) is 3.14. The Balaban J connectivity index is 1.69. The summed E-state index contributed by atoms with van der Waals surface area (Å²) in [5.41, 5.74) is 3.00. The van der Waals surface area contributed by atoms with Crippen molar-refractivity contribution >= 4 is 11.8 Å². The number of carbonyl (C=O) groups is 2. The quantitative estimate of drug-likeness (QED) is 0.846. The van der Waals surface area contributed by atoms with Gasteiger partial charge in [0, 0.05) is 18.9 Å². The zero-order valence-corrected chi connectivity index (χ0v) is 12.5. The number of aromatic nitrogens is 1. The van der Waals surface area contributed by atoms with E-state index in [-0.39, 0.29) is 24.8 Å². The van der Waals surface area contributed by atoms with Crippen molar-refractivity contribution < 1.29 is 9.59 Å². The van der Waals surface area contributed by atoms with Crippen molar-refractivity contribution in [1.29, 1.82) is 0 Å². The highest BCUT2D eigenvalue weighted by atomic mass is 16.2. The van der Waals surface area contributed by atoms with Gasteiger partial charge in [-0.15, -0.1) is 0 Å². The number of pyridine rings is 1. The molecule has 2 rings (SSSR count). The fraction of sp³-hybridized carbons (Fsp3) is 0.235. The van der Waals surface area contributed by atoms with Gasteiger partial charge >= 0.3 is 0 Å². The van der Waals surface area contributed by atoms with Gasteiger partial charge in [0.25, 0.3) is 0 Å². The van der Waals surface area contributed by atoms with Gasteiger partial charge in [-0.05, 0) is 24.1 Å². The zero-order chi connectivity index (χ0) is 15.8. The Bertz CT molecular complexity index is 624. The number of rotatable bonds is 6. The van der Waals surface area contributed by atoms with Crippen molar-refractivity contribution in [2.24, 2.45) is 0 Å². The normalized spacial score (nSPS) is 10.0. The fourth-order valence-corrected chi connectivity index (χ4v) is 1.90. The monoisotopic (exact) mass is 297 g/mol. The molecule has 1 heterocycles. The molecule has 2 aromatic rings. The molecule has 5 heteroatoms. The summed E-state index contributed by atoms with van der Waals surface area (Å²) >= 11 is 0. The topological polar surface area (TPSA) is 71.1 Å². The first-order chi connectivity index (χ1) is 10.6. The van der Waals surface area contributed by atoms with Crippen LogP contribution in [0.25, 0.3) is 0 Å². The lowest BCUT2D eigenvalue weighted by Gasteiger charge is -2.07. The summed E-state index contributed by atoms with van der Waals surface area (Å²) in [5.74, 6) is -0.388. The van der Waals surface area contributed by atoms with Crippen molar-refractivity contribution in [3.8, 4) is 0 Å². The number of aryl methyl sites for hydroxylation is 1. The highest BCUT2D eigenvalue weighted by molar-refractivity contribution is 5.85. The van der Waals surface area contributed by atoms with Gasteiger partial charge in [-0.3, -0.25) is 14.6 Å². The van der Waals surface area contributed by atoms with Crippen molar-refractivity contribution in [2.75, 3.05) is 6.54 Å². The van der Waals surface area contributed by atoms with Gasteiger partial charge in [-0.25, -0.2) is 0 Å². The van der Waals surface area contributed by atoms with Crippen molar-refractivity contribution in [3.05, 3.63) is 65.5 Å². The summed E-state index contributed by atoms with van der Waals surface area (Å²) in [4.78, 5) is 27.4. The molecule has 0 aliphatic heterocycles. The zero-order valence-electron chi connectivity index (χ0n) is 12.5. The number of amides is 2. The predicted octanol–water partition coefficient (Wildman–Crippen LogP) is 1.37. The molecule has 0 bridgehead atoms. The lowest BCUT2D eigenvalue weighted by Crippen LogP contribution is -2.37. The third-order valence-corrected chi connectivity index (χ3v) is 3.14. The first-order valence-corrected chi connectivity index (χ1v) is 7.11. The van der Waals surface area contributed by atoms with Crippen molar-refractivity contribution in [3.63, 3.8) is 0 Å². The summed E-state index contributed by atoms with van der Waals surface area (Å²) in [6.45, 7) is 2.38. The van der Waals surface area contributed by atoms with Crippen LogP contribution in [0.15, 0.2) is 48.8 Å². The van der Waals surface area contributed by atoms with E-state index in [4.69, 9.17) is 0 Å². The molecule has 0 saturated heterocycles. The minimum Gasteiger partial charge on any atom is -0.350 e. The Morgan fingerprint density at radius 3 is 2.45 bits per heavy atom. The molecule has 0 aliphatic carbocycles. The van der Waals surface area contributed by atoms with Gasteiger partial charge in [0.05, 0.1) is 13.0 Å². The SMILES string of the molecule is Cc1ccc(CC(=O)NCC(=O)NCc2cccnc2)cc1. The van der Waals surface area contributed by atoms with Crippen LogP contribution < -0.4 is 10.6 Å². The van der Waals surface area contributed by atoms with Gasteiger partial charge in [0.15, 0.2) is 0 Å². The molecule has 0 atom stereocenters. The predicted molar refractivity (Wildman–Crippen MR) is 84.0 cm³/mol. The molecule has 5 nitrogen and oxygen atoms in total. The summed E-state index contributed by atoms with van der Waals surface area (Å²) < 4.78 is 0. The number of hydrogen-bond acceptors (Lipinski definition) is 3. The minimum atomic E-state index is -0.221. The second kappa shape index (κ2) is 7.93. The van der Waals surface area contributed by atoms with Gasteiger partial charge in [-0.1, -0.05) is 35.9 Å². The first-order valence-electron chi connectivity index (χ1n) is 7.11. The van der Waals surface area contributed by atoms with Crippen molar-refractivity contribution in [2.45, 2.75) is 19.9 Å². The number of nitrogens with zero attached hydrogens (tertiary/aromatic N) is 1. The van der Waals surface area contributed by atoms with E-state index in [1.54, 1.807) is 12.4 Å². The summed E-state index contributed by atoms with van der Waals surface area (Å²) in [5, 5.41) is 5.35. The number of carbonyl (C=O) groups excluding carboxylic acids is 2. The van der Waals surface area contributed by atoms with E-state index in [0.717, 1.165) is 16.7 Å². The summed E-state index contributed by atoms with van der Waals surface area (Å²) in [7, 11) is 0. The second-order valence-electron chi connectivity index (χ2n) is 5.08. The molecule has 114 valence electrons. The lowest BCUT2D eigenvalue weighted by atomic mass is 10.1. The van der Waals surface area contributed by atoms with E-state index in [9.17, 15) is 9.59 Å². The van der Waals surface area contributed by atoms with E-state index in [1.807, 2.05) is 43.3 Å². The van der Waals surface area contributed by atoms with Gasteiger partial charge in [0.1, 0.15) is 0 Å². The fourth-order valence-electron chi connectivity index (χ4n) is 1.90. The molecule has 0 fully saturated rings. The first kappa shape index (κ1) is 15.7. The smallest absolute Gasteiger partial charge is 0.239 e. The molecular formula is C17H19N3O2. The average molecular weight is 297 g/mol. The Morgan fingerprint density at radius 2 is 1.77 bits per heavy atom. The van der Waals surface area contributed by atoms with Gasteiger partial charge < -0.3 is 10.6 Å². The molecule has 1 aromatic heterocycles. The molecular weight excluding hydrogens is 278 g/mol. The van der Waals surface area contributed by atoms with Crippen LogP contribution in [-0.4, -0.2) is 23.3 Å². The van der Waals surface area contributed by atoms with Crippen LogP contribution in [-0.2, 0) is 22.6 Å². The van der Waals surface area contributed by atoms with Crippen LogP contribution in [0.4, 0.5) is 0 Å². The molecule has 2 amide bonds. The Morgan fingerprint density at radius 1 is 1.00 bits per heavy atom. The van der Waals surface area contributed by atoms with Crippen molar-refractivity contribution in [1.82, 2.24) is 15.6 Å². The van der Waals surface area contributed by atoms with E-state index >= 15 is 0 Å². The second-order valence-corrected chi connectivity index (χ2v) is 5.08. The van der Waals surface area contributed by atoms with E-state index in [2.05, 4.69) is 15.6 Å². The average Bonchev–Trinajstić information content (AvgIpc) is 2.54. The molecule has 0 spiro atoms. The van der Waals surface area contributed by atoms with Gasteiger partial charge in [0.2, 0.25) is 11.8 Å². The highest BCUT2D eigenvalue weighted by Crippen LogP contribution is 2.03. The van der Waals surface area contributed by atoms with E-state index in [0.29, 0.717) is 6.54 Å². The van der Waals surface area contributed by atoms with E-state index in [1.165, 1.54) is 0 Å². The molecule has 2 N–H and O–H groups in total. The van der Waals surface area contributed by atoms with Crippen LogP contribution in [0.3, 0.4) is 0 Å². The number of benzene rings is 1. The maximum absolute atomic E-state index is 11.8. The third kappa shape index (κ3) is 5.36. The maximum atomic E-state index is 11.8. The van der Waals surface area contributed by atoms with Crippen LogP contribution in [0.5, 0.6) is 0 Å². The molecule has 1 aromatic carbocycles. The molecule has 0 unspecified atom stereocenters. The molecule has 0 saturated carbocycles.